The van der Waals surface area contributed by atoms with Crippen LogP contribution in [-0.2, 0) is 13.6 Å². The van der Waals surface area contributed by atoms with E-state index in [4.69, 9.17) is 0 Å². The Morgan fingerprint density at radius 3 is 2.76 bits per heavy atom. The Morgan fingerprint density at radius 1 is 1.35 bits per heavy atom. The van der Waals surface area contributed by atoms with Crippen molar-refractivity contribution in [3.8, 4) is 0 Å². The van der Waals surface area contributed by atoms with Crippen molar-refractivity contribution in [1.29, 1.82) is 0 Å². The van der Waals surface area contributed by atoms with Gasteiger partial charge in [0.2, 0.25) is 0 Å². The molecule has 0 saturated heterocycles. The summed E-state index contributed by atoms with van der Waals surface area (Å²) in [5.74, 6) is 0.716. The van der Waals surface area contributed by atoms with Gasteiger partial charge >= 0.3 is 0 Å². The highest BCUT2D eigenvalue weighted by molar-refractivity contribution is 5.28. The Bertz CT molecular complexity index is 491. The maximum Gasteiger partial charge on any atom is 0.188 e. The molecule has 0 amide bonds. The second kappa shape index (κ2) is 5.05. The van der Waals surface area contributed by atoms with Crippen molar-refractivity contribution in [2.75, 3.05) is 0 Å². The van der Waals surface area contributed by atoms with E-state index < -0.39 is 0 Å². The number of aromatic nitrogens is 4. The summed E-state index contributed by atoms with van der Waals surface area (Å²) in [5.41, 5.74) is 2.59. The smallest absolute Gasteiger partial charge is 0.188 e. The lowest BCUT2D eigenvalue weighted by Crippen LogP contribution is -2.19. The molecule has 0 bridgehead atoms. The molecule has 0 saturated carbocycles. The van der Waals surface area contributed by atoms with Crippen molar-refractivity contribution in [3.63, 3.8) is 0 Å². The first-order valence-electron chi connectivity index (χ1n) is 5.68. The van der Waals surface area contributed by atoms with Gasteiger partial charge in [0.25, 0.3) is 0 Å². The van der Waals surface area contributed by atoms with Gasteiger partial charge in [-0.15, -0.1) is 10.2 Å². The van der Waals surface area contributed by atoms with Crippen molar-refractivity contribution < 1.29 is 0 Å². The Hall–Kier alpha value is -1.75. The van der Waals surface area contributed by atoms with Crippen molar-refractivity contribution in [3.05, 3.63) is 41.2 Å². The van der Waals surface area contributed by atoms with Gasteiger partial charge in [0.05, 0.1) is 13.6 Å². The van der Waals surface area contributed by atoms with Gasteiger partial charge in [0, 0.05) is 6.04 Å². The van der Waals surface area contributed by atoms with Crippen LogP contribution in [0.25, 0.3) is 0 Å². The molecular formula is C12H17N5. The lowest BCUT2D eigenvalue weighted by Gasteiger charge is -2.15. The number of rotatable bonds is 4. The molecule has 0 fully saturated rings. The van der Waals surface area contributed by atoms with Gasteiger partial charge < -0.3 is 5.32 Å². The molecule has 1 atom stereocenters. The molecule has 1 heterocycles. The number of benzene rings is 1. The minimum Gasteiger partial charge on any atom is -0.303 e. The van der Waals surface area contributed by atoms with E-state index in [-0.39, 0.29) is 6.04 Å². The van der Waals surface area contributed by atoms with Crippen molar-refractivity contribution in [2.45, 2.75) is 26.4 Å². The lowest BCUT2D eigenvalue weighted by molar-refractivity contribution is 0.553. The molecule has 0 radical (unpaired) electrons. The molecule has 0 aliphatic carbocycles. The zero-order valence-corrected chi connectivity index (χ0v) is 10.4. The first kappa shape index (κ1) is 11.7. The fourth-order valence-electron chi connectivity index (χ4n) is 1.82. The Kier molecular flexibility index (Phi) is 3.49. The fourth-order valence-corrected chi connectivity index (χ4v) is 1.82. The van der Waals surface area contributed by atoms with Crippen LogP contribution in [0.15, 0.2) is 24.3 Å². The van der Waals surface area contributed by atoms with E-state index in [0.717, 1.165) is 0 Å². The van der Waals surface area contributed by atoms with E-state index in [2.05, 4.69) is 58.8 Å². The Balaban J connectivity index is 1.98. The molecule has 0 aliphatic rings. The second-order valence-corrected chi connectivity index (χ2v) is 4.15. The topological polar surface area (TPSA) is 55.6 Å². The highest BCUT2D eigenvalue weighted by Crippen LogP contribution is 2.16. The first-order valence-corrected chi connectivity index (χ1v) is 5.68. The van der Waals surface area contributed by atoms with Crippen LogP contribution in [0.5, 0.6) is 0 Å². The fraction of sp³-hybridized carbons (Fsp3) is 0.417. The van der Waals surface area contributed by atoms with Gasteiger partial charge in [-0.1, -0.05) is 24.3 Å². The van der Waals surface area contributed by atoms with E-state index in [1.165, 1.54) is 15.9 Å². The molecule has 0 spiro atoms. The SMILES string of the molecule is Cc1ccccc1C(C)NCc1nnn(C)n1. The highest BCUT2D eigenvalue weighted by Gasteiger charge is 2.08. The summed E-state index contributed by atoms with van der Waals surface area (Å²) >= 11 is 0. The zero-order valence-electron chi connectivity index (χ0n) is 10.4. The molecule has 0 aliphatic heterocycles. The third-order valence-corrected chi connectivity index (χ3v) is 2.77. The number of hydrogen-bond acceptors (Lipinski definition) is 4. The van der Waals surface area contributed by atoms with E-state index in [1.807, 2.05) is 0 Å². The average Bonchev–Trinajstić information content (AvgIpc) is 2.73. The Morgan fingerprint density at radius 2 is 2.12 bits per heavy atom. The predicted molar refractivity (Wildman–Crippen MR) is 65.2 cm³/mol. The number of tetrazole rings is 1. The van der Waals surface area contributed by atoms with Gasteiger partial charge in [-0.2, -0.15) is 4.80 Å². The van der Waals surface area contributed by atoms with Gasteiger partial charge in [-0.3, -0.25) is 0 Å². The van der Waals surface area contributed by atoms with Gasteiger partial charge in [-0.05, 0) is 30.2 Å². The molecule has 1 aromatic carbocycles. The van der Waals surface area contributed by atoms with Crippen LogP contribution < -0.4 is 5.32 Å². The molecule has 1 aromatic heterocycles. The summed E-state index contributed by atoms with van der Waals surface area (Å²) < 4.78 is 0. The summed E-state index contributed by atoms with van der Waals surface area (Å²) in [5, 5.41) is 15.3. The van der Waals surface area contributed by atoms with Crippen molar-refractivity contribution in [1.82, 2.24) is 25.5 Å². The average molecular weight is 231 g/mol. The van der Waals surface area contributed by atoms with Crippen molar-refractivity contribution in [2.24, 2.45) is 7.05 Å². The monoisotopic (exact) mass is 231 g/mol. The van der Waals surface area contributed by atoms with Gasteiger partial charge in [0.1, 0.15) is 0 Å². The molecule has 17 heavy (non-hydrogen) atoms. The number of nitrogens with zero attached hydrogens (tertiary/aromatic N) is 4. The molecule has 2 rings (SSSR count). The molecular weight excluding hydrogens is 214 g/mol. The largest absolute Gasteiger partial charge is 0.303 e. The van der Waals surface area contributed by atoms with E-state index in [0.29, 0.717) is 12.4 Å². The van der Waals surface area contributed by atoms with Gasteiger partial charge in [-0.25, -0.2) is 0 Å². The Labute approximate surface area is 101 Å². The van der Waals surface area contributed by atoms with Crippen LogP contribution in [-0.4, -0.2) is 20.2 Å². The predicted octanol–water partition coefficient (Wildman–Crippen LogP) is 1.37. The van der Waals surface area contributed by atoms with Crippen LogP contribution in [0.2, 0.25) is 0 Å². The third-order valence-electron chi connectivity index (χ3n) is 2.77. The summed E-state index contributed by atoms with van der Waals surface area (Å²) in [4.78, 5) is 1.47. The van der Waals surface area contributed by atoms with Crippen LogP contribution in [0, 0.1) is 6.92 Å². The maximum atomic E-state index is 4.13. The number of nitrogens with one attached hydrogen (secondary N) is 1. The molecule has 90 valence electrons. The third kappa shape index (κ3) is 2.88. The second-order valence-electron chi connectivity index (χ2n) is 4.15. The van der Waals surface area contributed by atoms with E-state index >= 15 is 0 Å². The van der Waals surface area contributed by atoms with Crippen LogP contribution >= 0.6 is 0 Å². The minimum absolute atomic E-state index is 0.278. The molecule has 5 heteroatoms. The van der Waals surface area contributed by atoms with Crippen LogP contribution in [0.1, 0.15) is 29.9 Å². The van der Waals surface area contributed by atoms with Crippen LogP contribution in [0.3, 0.4) is 0 Å². The van der Waals surface area contributed by atoms with Crippen molar-refractivity contribution >= 4 is 0 Å². The van der Waals surface area contributed by atoms with E-state index in [9.17, 15) is 0 Å². The summed E-state index contributed by atoms with van der Waals surface area (Å²) in [6.45, 7) is 4.89. The normalized spacial score (nSPS) is 12.6. The summed E-state index contributed by atoms with van der Waals surface area (Å²) in [7, 11) is 1.77. The zero-order chi connectivity index (χ0) is 12.3. The lowest BCUT2D eigenvalue weighted by atomic mass is 10.0. The molecule has 5 nitrogen and oxygen atoms in total. The summed E-state index contributed by atoms with van der Waals surface area (Å²) in [6, 6.07) is 8.64. The van der Waals surface area contributed by atoms with Crippen LogP contribution in [0.4, 0.5) is 0 Å². The molecule has 1 N–H and O–H groups in total. The quantitative estimate of drug-likeness (QED) is 0.863. The number of aryl methyl sites for hydroxylation is 2. The highest BCUT2D eigenvalue weighted by atomic mass is 15.6. The molecule has 1 unspecified atom stereocenters. The maximum absolute atomic E-state index is 4.13. The van der Waals surface area contributed by atoms with Gasteiger partial charge in [0.15, 0.2) is 5.82 Å². The number of hydrogen-bond donors (Lipinski definition) is 1. The van der Waals surface area contributed by atoms with E-state index in [1.54, 1.807) is 7.05 Å². The minimum atomic E-state index is 0.278. The molecule has 2 aromatic rings. The first-order chi connectivity index (χ1) is 8.16. The standard InChI is InChI=1S/C12H17N5/c1-9-6-4-5-7-11(9)10(2)13-8-12-14-16-17(3)15-12/h4-7,10,13H,8H2,1-3H3. The summed E-state index contributed by atoms with van der Waals surface area (Å²) in [6.07, 6.45) is 0.